The summed E-state index contributed by atoms with van der Waals surface area (Å²) in [6.07, 6.45) is 0. The third-order valence-corrected chi connectivity index (χ3v) is 7.14. The van der Waals surface area contributed by atoms with Gasteiger partial charge < -0.3 is 4.90 Å². The van der Waals surface area contributed by atoms with Gasteiger partial charge in [0.05, 0.1) is 10.7 Å². The summed E-state index contributed by atoms with van der Waals surface area (Å²) in [6, 6.07) is 8.17. The Hall–Kier alpha value is -0.810. The van der Waals surface area contributed by atoms with Crippen LogP contribution in [0.15, 0.2) is 29.2 Å². The molecule has 3 rings (SSSR count). The van der Waals surface area contributed by atoms with E-state index in [1.807, 2.05) is 30.9 Å². The van der Waals surface area contributed by atoms with E-state index in [4.69, 9.17) is 0 Å². The Morgan fingerprint density at radius 3 is 2.90 bits per heavy atom. The van der Waals surface area contributed by atoms with Crippen LogP contribution in [0.25, 0.3) is 0 Å². The molecule has 108 valence electrons. The van der Waals surface area contributed by atoms with Crippen LogP contribution >= 0.6 is 11.8 Å². The molecule has 0 aromatic heterocycles. The van der Waals surface area contributed by atoms with Crippen LogP contribution in [0, 0.1) is 0 Å². The van der Waals surface area contributed by atoms with Gasteiger partial charge in [-0.25, -0.2) is 0 Å². The summed E-state index contributed by atoms with van der Waals surface area (Å²) in [6.45, 7) is 5.19. The molecule has 2 aliphatic rings. The van der Waals surface area contributed by atoms with Crippen molar-refractivity contribution in [1.29, 1.82) is 0 Å². The number of hydrogen-bond acceptors (Lipinski definition) is 3. The second-order valence-electron chi connectivity index (χ2n) is 5.97. The van der Waals surface area contributed by atoms with Crippen LogP contribution in [0.1, 0.15) is 25.3 Å². The number of hydrogen-bond donors (Lipinski definition) is 0. The Morgan fingerprint density at radius 1 is 1.40 bits per heavy atom. The zero-order valence-corrected chi connectivity index (χ0v) is 13.4. The molecule has 20 heavy (non-hydrogen) atoms. The zero-order chi connectivity index (χ0) is 14.3. The van der Waals surface area contributed by atoms with Crippen molar-refractivity contribution in [2.45, 2.75) is 29.4 Å². The van der Waals surface area contributed by atoms with Gasteiger partial charge in [0, 0.05) is 40.3 Å². The number of carbonyl (C=O) groups is 1. The SMILES string of the molecule is CC1(C)CN(C(=O)[C@@H]2CSc3ccccc32)CC[S@]1=O. The second kappa shape index (κ2) is 5.19. The predicted octanol–water partition coefficient (Wildman–Crippen LogP) is 2.25. The maximum absolute atomic E-state index is 12.8. The van der Waals surface area contributed by atoms with Crippen molar-refractivity contribution < 1.29 is 9.00 Å². The van der Waals surface area contributed by atoms with Crippen LogP contribution in [0.2, 0.25) is 0 Å². The van der Waals surface area contributed by atoms with Crippen molar-refractivity contribution in [1.82, 2.24) is 4.90 Å². The second-order valence-corrected chi connectivity index (χ2v) is 9.24. The van der Waals surface area contributed by atoms with Gasteiger partial charge in [0.15, 0.2) is 0 Å². The minimum absolute atomic E-state index is 0.0291. The first kappa shape index (κ1) is 14.1. The minimum Gasteiger partial charge on any atom is -0.340 e. The Kier molecular flexibility index (Phi) is 3.67. The van der Waals surface area contributed by atoms with E-state index >= 15 is 0 Å². The number of thioether (sulfide) groups is 1. The van der Waals surface area contributed by atoms with Crippen LogP contribution in [0.3, 0.4) is 0 Å². The maximum atomic E-state index is 12.8. The first-order valence-corrected chi connectivity index (χ1v) is 9.18. The number of amides is 1. The Bertz CT molecular complexity index is 571. The molecule has 0 bridgehead atoms. The van der Waals surface area contributed by atoms with Crippen LogP contribution in [0.5, 0.6) is 0 Å². The molecule has 0 N–H and O–H groups in total. The molecule has 2 heterocycles. The quantitative estimate of drug-likeness (QED) is 0.798. The summed E-state index contributed by atoms with van der Waals surface area (Å²) in [4.78, 5) is 15.9. The van der Waals surface area contributed by atoms with Gasteiger partial charge in [-0.2, -0.15) is 0 Å². The Balaban J connectivity index is 1.79. The number of fused-ring (bicyclic) bond motifs is 1. The first-order chi connectivity index (χ1) is 9.49. The average molecular weight is 309 g/mol. The van der Waals surface area contributed by atoms with E-state index in [2.05, 4.69) is 12.1 Å². The minimum atomic E-state index is -0.834. The molecule has 1 amide bonds. The summed E-state index contributed by atoms with van der Waals surface area (Å²) in [5.74, 6) is 1.60. The number of carbonyl (C=O) groups excluding carboxylic acids is 1. The van der Waals surface area contributed by atoms with Crippen molar-refractivity contribution in [2.75, 3.05) is 24.6 Å². The van der Waals surface area contributed by atoms with Gasteiger partial charge in [0.2, 0.25) is 5.91 Å². The smallest absolute Gasteiger partial charge is 0.231 e. The molecule has 5 heteroatoms. The van der Waals surface area contributed by atoms with Gasteiger partial charge in [-0.05, 0) is 25.5 Å². The lowest BCUT2D eigenvalue weighted by molar-refractivity contribution is -0.132. The van der Waals surface area contributed by atoms with E-state index in [1.165, 1.54) is 4.90 Å². The standard InChI is InChI=1S/C15H19NO2S2/c1-15(2)10-16(7-8-20(15)18)14(17)12-9-19-13-6-4-3-5-11(12)13/h3-6,12H,7-10H2,1-2H3/t12-,20-/m1/s1. The molecule has 0 saturated carbocycles. The summed E-state index contributed by atoms with van der Waals surface area (Å²) in [5, 5.41) is 0. The number of benzene rings is 1. The molecule has 3 nitrogen and oxygen atoms in total. The molecule has 1 aromatic rings. The first-order valence-electron chi connectivity index (χ1n) is 6.88. The topological polar surface area (TPSA) is 37.4 Å². The molecule has 2 aliphatic heterocycles. The summed E-state index contributed by atoms with van der Waals surface area (Å²) in [7, 11) is -0.834. The monoisotopic (exact) mass is 309 g/mol. The maximum Gasteiger partial charge on any atom is 0.231 e. The average Bonchev–Trinajstić information content (AvgIpc) is 2.85. The van der Waals surface area contributed by atoms with Crippen molar-refractivity contribution in [3.05, 3.63) is 29.8 Å². The summed E-state index contributed by atoms with van der Waals surface area (Å²) < 4.78 is 11.7. The molecule has 2 atom stereocenters. The van der Waals surface area contributed by atoms with Crippen LogP contribution in [-0.4, -0.2) is 44.4 Å². The highest BCUT2D eigenvalue weighted by atomic mass is 32.2. The van der Waals surface area contributed by atoms with Crippen molar-refractivity contribution in [3.8, 4) is 0 Å². The van der Waals surface area contributed by atoms with E-state index in [0.717, 1.165) is 11.3 Å². The summed E-state index contributed by atoms with van der Waals surface area (Å²) in [5.41, 5.74) is 1.16. The van der Waals surface area contributed by atoms with E-state index in [1.54, 1.807) is 11.8 Å². The van der Waals surface area contributed by atoms with Gasteiger partial charge >= 0.3 is 0 Å². The zero-order valence-electron chi connectivity index (χ0n) is 11.8. The third kappa shape index (κ3) is 2.42. The van der Waals surface area contributed by atoms with Gasteiger partial charge in [-0.3, -0.25) is 9.00 Å². The van der Waals surface area contributed by atoms with E-state index in [9.17, 15) is 9.00 Å². The Morgan fingerprint density at radius 2 is 2.15 bits per heavy atom. The lowest BCUT2D eigenvalue weighted by Crippen LogP contribution is -2.53. The fourth-order valence-electron chi connectivity index (χ4n) is 2.86. The lowest BCUT2D eigenvalue weighted by Gasteiger charge is -2.38. The molecule has 0 aliphatic carbocycles. The number of rotatable bonds is 1. The molecule has 1 aromatic carbocycles. The number of nitrogens with zero attached hydrogens (tertiary/aromatic N) is 1. The molecule has 1 fully saturated rings. The lowest BCUT2D eigenvalue weighted by atomic mass is 9.99. The van der Waals surface area contributed by atoms with Gasteiger partial charge in [-0.1, -0.05) is 18.2 Å². The molecule has 0 spiro atoms. The van der Waals surface area contributed by atoms with Crippen molar-refractivity contribution in [3.63, 3.8) is 0 Å². The van der Waals surface area contributed by atoms with Crippen molar-refractivity contribution in [2.24, 2.45) is 0 Å². The van der Waals surface area contributed by atoms with E-state index < -0.39 is 10.8 Å². The largest absolute Gasteiger partial charge is 0.340 e. The van der Waals surface area contributed by atoms with Crippen LogP contribution < -0.4 is 0 Å². The summed E-state index contributed by atoms with van der Waals surface area (Å²) >= 11 is 1.76. The molecule has 0 unspecified atom stereocenters. The van der Waals surface area contributed by atoms with Gasteiger partial charge in [0.1, 0.15) is 0 Å². The molecule has 1 saturated heterocycles. The van der Waals surface area contributed by atoms with E-state index in [0.29, 0.717) is 18.8 Å². The highest BCUT2D eigenvalue weighted by Gasteiger charge is 2.39. The molecular weight excluding hydrogens is 290 g/mol. The highest BCUT2D eigenvalue weighted by Crippen LogP contribution is 2.40. The molecule has 0 radical (unpaired) electrons. The normalized spacial score (nSPS) is 28.2. The fraction of sp³-hybridized carbons (Fsp3) is 0.533. The third-order valence-electron chi connectivity index (χ3n) is 4.04. The van der Waals surface area contributed by atoms with Crippen molar-refractivity contribution >= 4 is 28.5 Å². The van der Waals surface area contributed by atoms with Gasteiger partial charge in [-0.15, -0.1) is 11.8 Å². The van der Waals surface area contributed by atoms with E-state index in [-0.39, 0.29) is 16.6 Å². The van der Waals surface area contributed by atoms with Crippen LogP contribution in [-0.2, 0) is 15.6 Å². The Labute approximate surface area is 126 Å². The molecular formula is C15H19NO2S2. The predicted molar refractivity (Wildman–Crippen MR) is 83.6 cm³/mol. The fourth-order valence-corrected chi connectivity index (χ4v) is 5.31. The van der Waals surface area contributed by atoms with Crippen LogP contribution in [0.4, 0.5) is 0 Å². The van der Waals surface area contributed by atoms with Gasteiger partial charge in [0.25, 0.3) is 0 Å². The highest BCUT2D eigenvalue weighted by molar-refractivity contribution is 7.99.